The highest BCUT2D eigenvalue weighted by molar-refractivity contribution is 9.11. The molecule has 0 aromatic heterocycles. The van der Waals surface area contributed by atoms with Gasteiger partial charge in [0.25, 0.3) is 5.91 Å². The lowest BCUT2D eigenvalue weighted by Gasteiger charge is -2.21. The molecular formula is C11H9Br2NO3S. The van der Waals surface area contributed by atoms with Crippen LogP contribution >= 0.6 is 43.6 Å². The third kappa shape index (κ3) is 2.73. The second kappa shape index (κ2) is 5.63. The molecule has 18 heavy (non-hydrogen) atoms. The van der Waals surface area contributed by atoms with Crippen molar-refractivity contribution in [1.82, 2.24) is 4.90 Å². The highest BCUT2D eigenvalue weighted by Gasteiger charge is 2.35. The molecule has 0 bridgehead atoms. The van der Waals surface area contributed by atoms with Crippen LogP contribution in [0.4, 0.5) is 0 Å². The summed E-state index contributed by atoms with van der Waals surface area (Å²) in [6, 6.07) is 4.52. The number of carboxylic acids is 1. The van der Waals surface area contributed by atoms with Crippen molar-refractivity contribution in [2.75, 3.05) is 11.6 Å². The van der Waals surface area contributed by atoms with E-state index in [1.807, 2.05) is 6.07 Å². The van der Waals surface area contributed by atoms with Crippen molar-refractivity contribution in [1.29, 1.82) is 0 Å². The Bertz CT molecular complexity index is 509. The van der Waals surface area contributed by atoms with E-state index in [1.165, 1.54) is 16.7 Å². The van der Waals surface area contributed by atoms with Gasteiger partial charge < -0.3 is 10.0 Å². The van der Waals surface area contributed by atoms with Crippen molar-refractivity contribution < 1.29 is 14.7 Å². The molecular weight excluding hydrogens is 386 g/mol. The lowest BCUT2D eigenvalue weighted by molar-refractivity contribution is -0.140. The van der Waals surface area contributed by atoms with Crippen LogP contribution in [0.15, 0.2) is 27.1 Å². The molecule has 1 saturated heterocycles. The smallest absolute Gasteiger partial charge is 0.327 e. The van der Waals surface area contributed by atoms with Gasteiger partial charge in [-0.1, -0.05) is 15.9 Å². The molecule has 1 N–H and O–H groups in total. The number of thioether (sulfide) groups is 1. The first-order valence-electron chi connectivity index (χ1n) is 5.07. The van der Waals surface area contributed by atoms with E-state index in [-0.39, 0.29) is 5.91 Å². The zero-order chi connectivity index (χ0) is 13.3. The number of carbonyl (C=O) groups is 2. The van der Waals surface area contributed by atoms with Gasteiger partial charge in [0.05, 0.1) is 11.4 Å². The van der Waals surface area contributed by atoms with Gasteiger partial charge in [0.15, 0.2) is 0 Å². The molecule has 0 unspecified atom stereocenters. The molecule has 1 aliphatic rings. The van der Waals surface area contributed by atoms with Crippen molar-refractivity contribution in [2.45, 2.75) is 6.04 Å². The fraction of sp³-hybridized carbons (Fsp3) is 0.273. The molecule has 2 rings (SSSR count). The fourth-order valence-corrected chi connectivity index (χ4v) is 3.59. The van der Waals surface area contributed by atoms with Crippen molar-refractivity contribution >= 4 is 55.5 Å². The first-order valence-corrected chi connectivity index (χ1v) is 7.81. The van der Waals surface area contributed by atoms with Crippen molar-refractivity contribution in [3.63, 3.8) is 0 Å². The van der Waals surface area contributed by atoms with Gasteiger partial charge in [0.1, 0.15) is 6.04 Å². The van der Waals surface area contributed by atoms with E-state index in [0.29, 0.717) is 21.7 Å². The summed E-state index contributed by atoms with van der Waals surface area (Å²) in [4.78, 5) is 24.8. The second-order valence-electron chi connectivity index (χ2n) is 3.75. The van der Waals surface area contributed by atoms with Gasteiger partial charge in [0.2, 0.25) is 0 Å². The predicted molar refractivity (Wildman–Crippen MR) is 76.8 cm³/mol. The molecule has 1 heterocycles. The third-order valence-corrected chi connectivity index (χ3v) is 4.78. The minimum atomic E-state index is -0.959. The van der Waals surface area contributed by atoms with Gasteiger partial charge in [-0.2, -0.15) is 0 Å². The van der Waals surface area contributed by atoms with Crippen LogP contribution in [0.1, 0.15) is 10.4 Å². The molecule has 1 amide bonds. The van der Waals surface area contributed by atoms with Crippen LogP contribution in [0.3, 0.4) is 0 Å². The number of rotatable bonds is 2. The lowest BCUT2D eigenvalue weighted by Crippen LogP contribution is -2.41. The number of nitrogens with zero attached hydrogens (tertiary/aromatic N) is 1. The van der Waals surface area contributed by atoms with E-state index in [2.05, 4.69) is 31.9 Å². The standard InChI is InChI=1S/C11H9Br2NO3S/c12-6-1-2-8(13)7(3-6)10(15)14-5-18-4-9(14)11(16)17/h1-3,9H,4-5H2,(H,16,17)/t9-/m0/s1. The van der Waals surface area contributed by atoms with Gasteiger partial charge in [-0.3, -0.25) is 4.79 Å². The van der Waals surface area contributed by atoms with Crippen LogP contribution in [-0.4, -0.2) is 39.6 Å². The Labute approximate surface area is 125 Å². The van der Waals surface area contributed by atoms with E-state index in [9.17, 15) is 9.59 Å². The maximum absolute atomic E-state index is 12.3. The summed E-state index contributed by atoms with van der Waals surface area (Å²) in [7, 11) is 0. The van der Waals surface area contributed by atoms with Gasteiger partial charge >= 0.3 is 5.97 Å². The minimum Gasteiger partial charge on any atom is -0.480 e. The maximum atomic E-state index is 12.3. The molecule has 4 nitrogen and oxygen atoms in total. The van der Waals surface area contributed by atoms with Crippen LogP contribution in [0.5, 0.6) is 0 Å². The topological polar surface area (TPSA) is 57.6 Å². The van der Waals surface area contributed by atoms with Crippen LogP contribution in [-0.2, 0) is 4.79 Å². The molecule has 1 aliphatic heterocycles. The largest absolute Gasteiger partial charge is 0.480 e. The zero-order valence-corrected chi connectivity index (χ0v) is 13.1. The monoisotopic (exact) mass is 393 g/mol. The summed E-state index contributed by atoms with van der Waals surface area (Å²) in [5.74, 6) is -0.374. The number of carboxylic acid groups (broad SMARTS) is 1. The lowest BCUT2D eigenvalue weighted by atomic mass is 10.2. The Morgan fingerprint density at radius 2 is 2.11 bits per heavy atom. The Morgan fingerprint density at radius 3 is 2.78 bits per heavy atom. The third-order valence-electron chi connectivity index (χ3n) is 2.59. The number of hydrogen-bond acceptors (Lipinski definition) is 3. The Kier molecular flexibility index (Phi) is 4.34. The molecule has 1 fully saturated rings. The summed E-state index contributed by atoms with van der Waals surface area (Å²) >= 11 is 8.07. The Balaban J connectivity index is 2.31. The van der Waals surface area contributed by atoms with Gasteiger partial charge in [0, 0.05) is 14.7 Å². The van der Waals surface area contributed by atoms with E-state index in [1.54, 1.807) is 12.1 Å². The van der Waals surface area contributed by atoms with Crippen molar-refractivity contribution in [2.24, 2.45) is 0 Å². The highest BCUT2D eigenvalue weighted by Crippen LogP contribution is 2.28. The van der Waals surface area contributed by atoms with E-state index in [4.69, 9.17) is 5.11 Å². The Morgan fingerprint density at radius 1 is 1.39 bits per heavy atom. The molecule has 0 saturated carbocycles. The summed E-state index contributed by atoms with van der Waals surface area (Å²) in [6.07, 6.45) is 0. The first kappa shape index (κ1) is 13.9. The Hall–Kier alpha value is -0.530. The highest BCUT2D eigenvalue weighted by atomic mass is 79.9. The number of carbonyl (C=O) groups excluding carboxylic acids is 1. The molecule has 0 spiro atoms. The quantitative estimate of drug-likeness (QED) is 0.837. The van der Waals surface area contributed by atoms with Crippen LogP contribution in [0.2, 0.25) is 0 Å². The van der Waals surface area contributed by atoms with E-state index < -0.39 is 12.0 Å². The molecule has 0 aliphatic carbocycles. The van der Waals surface area contributed by atoms with Crippen molar-refractivity contribution in [3.8, 4) is 0 Å². The van der Waals surface area contributed by atoms with Crippen LogP contribution < -0.4 is 0 Å². The molecule has 96 valence electrons. The van der Waals surface area contributed by atoms with E-state index >= 15 is 0 Å². The summed E-state index contributed by atoms with van der Waals surface area (Å²) in [5, 5.41) is 9.08. The van der Waals surface area contributed by atoms with Gasteiger partial charge in [-0.05, 0) is 34.1 Å². The summed E-state index contributed by atoms with van der Waals surface area (Å²) < 4.78 is 1.45. The number of halogens is 2. The molecule has 1 aromatic carbocycles. The molecule has 1 aromatic rings. The minimum absolute atomic E-state index is 0.263. The van der Waals surface area contributed by atoms with Gasteiger partial charge in [-0.15, -0.1) is 11.8 Å². The number of aliphatic carboxylic acids is 1. The average Bonchev–Trinajstić information content (AvgIpc) is 2.80. The zero-order valence-electron chi connectivity index (χ0n) is 9.10. The average molecular weight is 395 g/mol. The fourth-order valence-electron chi connectivity index (χ4n) is 1.66. The second-order valence-corrected chi connectivity index (χ2v) is 6.52. The maximum Gasteiger partial charge on any atom is 0.327 e. The molecule has 7 heteroatoms. The van der Waals surface area contributed by atoms with Crippen molar-refractivity contribution in [3.05, 3.63) is 32.7 Å². The van der Waals surface area contributed by atoms with E-state index in [0.717, 1.165) is 4.47 Å². The molecule has 0 radical (unpaired) electrons. The number of hydrogen-bond donors (Lipinski definition) is 1. The number of amides is 1. The summed E-state index contributed by atoms with van der Waals surface area (Å²) in [6.45, 7) is 0. The predicted octanol–water partition coefficient (Wildman–Crippen LogP) is 2.81. The van der Waals surface area contributed by atoms with Crippen LogP contribution in [0, 0.1) is 0 Å². The SMILES string of the molecule is O=C(O)[C@@H]1CSCN1C(=O)c1cc(Br)ccc1Br. The normalized spacial score (nSPS) is 19.0. The summed E-state index contributed by atoms with van der Waals surface area (Å²) in [5.41, 5.74) is 0.470. The molecule has 1 atom stereocenters. The first-order chi connectivity index (χ1) is 8.50. The number of benzene rings is 1. The van der Waals surface area contributed by atoms with Crippen LogP contribution in [0.25, 0.3) is 0 Å². The van der Waals surface area contributed by atoms with Gasteiger partial charge in [-0.25, -0.2) is 4.79 Å².